The molecule has 1 heterocycles. The first-order valence-electron chi connectivity index (χ1n) is 8.21. The van der Waals surface area contributed by atoms with Crippen LogP contribution in [-0.2, 0) is 14.8 Å². The number of carbonyl (C=O) groups is 1. The van der Waals surface area contributed by atoms with Gasteiger partial charge in [-0.1, -0.05) is 41.9 Å². The van der Waals surface area contributed by atoms with E-state index in [4.69, 9.17) is 11.6 Å². The van der Waals surface area contributed by atoms with Crippen molar-refractivity contribution in [3.8, 4) is 0 Å². The molecule has 0 spiro atoms. The van der Waals surface area contributed by atoms with Gasteiger partial charge in [0, 0.05) is 18.3 Å². The van der Waals surface area contributed by atoms with Crippen LogP contribution >= 0.6 is 11.6 Å². The van der Waals surface area contributed by atoms with Gasteiger partial charge in [0.05, 0.1) is 16.5 Å². The second-order valence-electron chi connectivity index (χ2n) is 6.09. The Morgan fingerprint density at radius 2 is 1.92 bits per heavy atom. The summed E-state index contributed by atoms with van der Waals surface area (Å²) in [6.45, 7) is 2.26. The zero-order valence-corrected chi connectivity index (χ0v) is 15.8. The monoisotopic (exact) mass is 390 g/mol. The first-order chi connectivity index (χ1) is 12.4. The number of hydrogen-bond acceptors (Lipinski definition) is 3. The molecule has 1 saturated heterocycles. The summed E-state index contributed by atoms with van der Waals surface area (Å²) in [6, 6.07) is 14.4. The van der Waals surface area contributed by atoms with Crippen molar-refractivity contribution >= 4 is 44.5 Å². The average molecular weight is 391 g/mol. The Hall–Kier alpha value is -2.31. The predicted octanol–water partition coefficient (Wildman–Crippen LogP) is 3.92. The van der Waals surface area contributed by atoms with Crippen molar-refractivity contribution in [1.29, 1.82) is 0 Å². The summed E-state index contributed by atoms with van der Waals surface area (Å²) in [6.07, 6.45) is 2.07. The van der Waals surface area contributed by atoms with E-state index in [9.17, 15) is 13.2 Å². The van der Waals surface area contributed by atoms with Gasteiger partial charge in [-0.3, -0.25) is 9.10 Å². The van der Waals surface area contributed by atoms with Gasteiger partial charge in [-0.15, -0.1) is 0 Å². The lowest BCUT2D eigenvalue weighted by molar-refractivity contribution is -0.111. The molecule has 26 heavy (non-hydrogen) atoms. The normalized spacial score (nSPS) is 16.5. The van der Waals surface area contributed by atoms with E-state index in [1.165, 1.54) is 10.4 Å². The maximum absolute atomic E-state index is 12.3. The minimum absolute atomic E-state index is 0.110. The molecule has 7 heteroatoms. The first kappa shape index (κ1) is 18.5. The van der Waals surface area contributed by atoms with Crippen molar-refractivity contribution in [2.75, 3.05) is 21.9 Å². The van der Waals surface area contributed by atoms with E-state index in [0.29, 0.717) is 29.4 Å². The van der Waals surface area contributed by atoms with Gasteiger partial charge in [0.25, 0.3) is 0 Å². The third-order valence-electron chi connectivity index (χ3n) is 4.16. The second-order valence-corrected chi connectivity index (χ2v) is 8.51. The lowest BCUT2D eigenvalue weighted by Gasteiger charge is -2.19. The highest BCUT2D eigenvalue weighted by atomic mass is 35.5. The fourth-order valence-electron chi connectivity index (χ4n) is 2.85. The zero-order valence-electron chi connectivity index (χ0n) is 14.3. The molecule has 1 N–H and O–H groups in total. The lowest BCUT2D eigenvalue weighted by atomic mass is 10.1. The Morgan fingerprint density at radius 1 is 1.19 bits per heavy atom. The number of benzene rings is 2. The molecule has 0 bridgehead atoms. The molecule has 5 nitrogen and oxygen atoms in total. The van der Waals surface area contributed by atoms with Crippen LogP contribution in [0.2, 0.25) is 5.02 Å². The molecule has 0 atom stereocenters. The topological polar surface area (TPSA) is 66.5 Å². The Morgan fingerprint density at radius 3 is 2.58 bits per heavy atom. The summed E-state index contributed by atoms with van der Waals surface area (Å²) >= 11 is 6.17. The summed E-state index contributed by atoms with van der Waals surface area (Å²) in [5.74, 6) is -0.178. The maximum atomic E-state index is 12.3. The van der Waals surface area contributed by atoms with E-state index in [1.54, 1.807) is 18.2 Å². The highest BCUT2D eigenvalue weighted by molar-refractivity contribution is 7.93. The third kappa shape index (κ3) is 4.08. The fraction of sp³-hybridized carbons (Fsp3) is 0.211. The lowest BCUT2D eigenvalue weighted by Crippen LogP contribution is -2.25. The molecular weight excluding hydrogens is 372 g/mol. The van der Waals surface area contributed by atoms with Gasteiger partial charge < -0.3 is 5.32 Å². The minimum Gasteiger partial charge on any atom is -0.322 e. The molecule has 136 valence electrons. The number of nitrogens with zero attached hydrogens (tertiary/aromatic N) is 1. The molecule has 2 aromatic carbocycles. The fourth-order valence-corrected chi connectivity index (χ4v) is 4.69. The Labute approximate surface area is 158 Å². The summed E-state index contributed by atoms with van der Waals surface area (Å²) in [5, 5.41) is 3.10. The number of rotatable bonds is 4. The molecule has 1 amide bonds. The van der Waals surface area contributed by atoms with E-state index >= 15 is 0 Å². The van der Waals surface area contributed by atoms with Crippen LogP contribution in [0.25, 0.3) is 5.57 Å². The van der Waals surface area contributed by atoms with Crippen LogP contribution in [0.4, 0.5) is 11.4 Å². The zero-order chi connectivity index (χ0) is 18.7. The van der Waals surface area contributed by atoms with Crippen LogP contribution < -0.4 is 9.62 Å². The molecule has 0 aliphatic carbocycles. The molecule has 0 unspecified atom stereocenters. The molecule has 2 aromatic rings. The molecule has 1 aliphatic rings. The van der Waals surface area contributed by atoms with Crippen molar-refractivity contribution in [1.82, 2.24) is 0 Å². The molecule has 1 aliphatic heterocycles. The van der Waals surface area contributed by atoms with E-state index < -0.39 is 10.0 Å². The Balaban J connectivity index is 1.80. The quantitative estimate of drug-likeness (QED) is 0.804. The van der Waals surface area contributed by atoms with Gasteiger partial charge in [0.2, 0.25) is 15.9 Å². The highest BCUT2D eigenvalue weighted by Crippen LogP contribution is 2.33. The van der Waals surface area contributed by atoms with Crippen LogP contribution in [-0.4, -0.2) is 26.6 Å². The molecule has 1 fully saturated rings. The first-order valence-corrected chi connectivity index (χ1v) is 10.2. The summed E-state index contributed by atoms with van der Waals surface area (Å²) in [5.41, 5.74) is 2.68. The molecule has 0 saturated carbocycles. The van der Waals surface area contributed by atoms with Gasteiger partial charge in [0.15, 0.2) is 0 Å². The van der Waals surface area contributed by atoms with Crippen molar-refractivity contribution in [2.45, 2.75) is 13.3 Å². The van der Waals surface area contributed by atoms with E-state index in [1.807, 2.05) is 37.3 Å². The van der Waals surface area contributed by atoms with E-state index in [2.05, 4.69) is 5.32 Å². The number of hydrogen-bond donors (Lipinski definition) is 1. The van der Waals surface area contributed by atoms with Crippen LogP contribution in [0.5, 0.6) is 0 Å². The number of carbonyl (C=O) groups excluding carboxylic acids is 1. The summed E-state index contributed by atoms with van der Waals surface area (Å²) in [7, 11) is -3.34. The standard InChI is InChI=1S/C19H19ClN2O3S/c1-14(15-6-3-2-4-7-15)12-19(23)21-16-8-9-17(20)18(13-16)22-10-5-11-26(22,24)25/h2-4,6-9,12-13H,5,10-11H2,1H3,(H,21,23)/b14-12+. The Bertz CT molecular complexity index is 956. The smallest absolute Gasteiger partial charge is 0.248 e. The van der Waals surface area contributed by atoms with Crippen molar-refractivity contribution in [3.63, 3.8) is 0 Å². The van der Waals surface area contributed by atoms with Crippen LogP contribution in [0.3, 0.4) is 0 Å². The minimum atomic E-state index is -3.34. The van der Waals surface area contributed by atoms with Gasteiger partial charge >= 0.3 is 0 Å². The largest absolute Gasteiger partial charge is 0.322 e. The van der Waals surface area contributed by atoms with Gasteiger partial charge in [0.1, 0.15) is 0 Å². The van der Waals surface area contributed by atoms with Gasteiger partial charge in [-0.2, -0.15) is 0 Å². The molecule has 0 radical (unpaired) electrons. The van der Waals surface area contributed by atoms with E-state index in [0.717, 1.165) is 11.1 Å². The SMILES string of the molecule is C/C(=C\C(=O)Nc1ccc(Cl)c(N2CCCS2(=O)=O)c1)c1ccccc1. The van der Waals surface area contributed by atoms with Crippen LogP contribution in [0.1, 0.15) is 18.9 Å². The predicted molar refractivity (Wildman–Crippen MR) is 106 cm³/mol. The number of sulfonamides is 1. The molecule has 0 aromatic heterocycles. The van der Waals surface area contributed by atoms with Gasteiger partial charge in [-0.05, 0) is 42.7 Å². The Kier molecular flexibility index (Phi) is 5.34. The van der Waals surface area contributed by atoms with Crippen LogP contribution in [0, 0.1) is 0 Å². The highest BCUT2D eigenvalue weighted by Gasteiger charge is 2.30. The molecular formula is C19H19ClN2O3S. The number of nitrogens with one attached hydrogen (secondary N) is 1. The number of anilines is 2. The number of amides is 1. The van der Waals surface area contributed by atoms with E-state index in [-0.39, 0.29) is 11.7 Å². The van der Waals surface area contributed by atoms with Crippen molar-refractivity contribution in [2.24, 2.45) is 0 Å². The van der Waals surface area contributed by atoms with Crippen LogP contribution in [0.15, 0.2) is 54.6 Å². The van der Waals surface area contributed by atoms with Crippen molar-refractivity contribution < 1.29 is 13.2 Å². The summed E-state index contributed by atoms with van der Waals surface area (Å²) < 4.78 is 25.5. The molecule has 3 rings (SSSR count). The average Bonchev–Trinajstić information content (AvgIpc) is 2.96. The van der Waals surface area contributed by atoms with Crippen molar-refractivity contribution in [3.05, 3.63) is 65.2 Å². The number of halogens is 1. The maximum Gasteiger partial charge on any atom is 0.248 e. The van der Waals surface area contributed by atoms with Gasteiger partial charge in [-0.25, -0.2) is 8.42 Å². The summed E-state index contributed by atoms with van der Waals surface area (Å²) in [4.78, 5) is 12.3. The number of allylic oxidation sites excluding steroid dienone is 1. The second kappa shape index (κ2) is 7.51. The third-order valence-corrected chi connectivity index (χ3v) is 6.33.